The van der Waals surface area contributed by atoms with Crippen LogP contribution in [0.5, 0.6) is 0 Å². The highest BCUT2D eigenvalue weighted by atomic mass is 16.2. The zero-order chi connectivity index (χ0) is 25.5. The fraction of sp³-hybridized carbons (Fsp3) is 0.571. The van der Waals surface area contributed by atoms with Gasteiger partial charge in [-0.05, 0) is 56.1 Å². The Labute approximate surface area is 205 Å². The molecular weight excluding hydrogens is 426 g/mol. The lowest BCUT2D eigenvalue weighted by Crippen LogP contribution is -2.45. The Kier molecular flexibility index (Phi) is 13.7. The Bertz CT molecular complexity index is 815. The average molecular weight is 470 g/mol. The van der Waals surface area contributed by atoms with E-state index in [2.05, 4.69) is 10.6 Å². The molecule has 0 radical (unpaired) electrons. The summed E-state index contributed by atoms with van der Waals surface area (Å²) >= 11 is 0. The molecule has 6 heteroatoms. The quantitative estimate of drug-likeness (QED) is 0.177. The van der Waals surface area contributed by atoms with Gasteiger partial charge in [0.15, 0.2) is 5.78 Å². The predicted molar refractivity (Wildman–Crippen MR) is 140 cm³/mol. The van der Waals surface area contributed by atoms with Crippen molar-refractivity contribution < 1.29 is 14.4 Å². The van der Waals surface area contributed by atoms with Gasteiger partial charge in [-0.2, -0.15) is 0 Å². The normalized spacial score (nSPS) is 13.1. The lowest BCUT2D eigenvalue weighted by Gasteiger charge is -2.24. The third kappa shape index (κ3) is 12.5. The van der Waals surface area contributed by atoms with E-state index < -0.39 is 12.0 Å². The van der Waals surface area contributed by atoms with E-state index in [0.717, 1.165) is 31.2 Å². The molecular formula is C28H43N3O3. The maximum atomic E-state index is 13.1. The molecule has 0 aliphatic carbocycles. The summed E-state index contributed by atoms with van der Waals surface area (Å²) in [6.07, 6.45) is 7.46. The molecule has 188 valence electrons. The molecule has 0 spiro atoms. The minimum atomic E-state index is -0.639. The van der Waals surface area contributed by atoms with E-state index in [1.165, 1.54) is 6.08 Å². The number of carbonyl (C=O) groups is 3. The molecule has 2 unspecified atom stereocenters. The molecule has 6 nitrogen and oxygen atoms in total. The molecule has 0 heterocycles. The Morgan fingerprint density at radius 2 is 1.68 bits per heavy atom. The fourth-order valence-corrected chi connectivity index (χ4v) is 3.83. The Balaban J connectivity index is 2.68. The number of ketones is 1. The lowest BCUT2D eigenvalue weighted by atomic mass is 9.87. The van der Waals surface area contributed by atoms with Crippen molar-refractivity contribution in [1.29, 1.82) is 5.41 Å². The molecule has 0 aromatic heterocycles. The van der Waals surface area contributed by atoms with Crippen LogP contribution in [0.1, 0.15) is 78.7 Å². The summed E-state index contributed by atoms with van der Waals surface area (Å²) in [7, 11) is 0. The largest absolute Gasteiger partial charge is 0.356 e. The van der Waals surface area contributed by atoms with E-state index in [0.29, 0.717) is 18.7 Å². The van der Waals surface area contributed by atoms with Gasteiger partial charge in [-0.1, -0.05) is 64.4 Å². The van der Waals surface area contributed by atoms with Gasteiger partial charge < -0.3 is 16.0 Å². The van der Waals surface area contributed by atoms with Crippen LogP contribution in [0.15, 0.2) is 36.4 Å². The van der Waals surface area contributed by atoms with E-state index >= 15 is 0 Å². The molecule has 0 saturated heterocycles. The zero-order valence-corrected chi connectivity index (χ0v) is 21.5. The van der Waals surface area contributed by atoms with E-state index in [9.17, 15) is 14.4 Å². The summed E-state index contributed by atoms with van der Waals surface area (Å²) in [5.74, 6) is -0.737. The van der Waals surface area contributed by atoms with Gasteiger partial charge in [-0.15, -0.1) is 0 Å². The van der Waals surface area contributed by atoms with Gasteiger partial charge in [-0.3, -0.25) is 14.4 Å². The molecule has 2 atom stereocenters. The van der Waals surface area contributed by atoms with Crippen molar-refractivity contribution in [1.82, 2.24) is 10.6 Å². The monoisotopic (exact) mass is 469 g/mol. The minimum Gasteiger partial charge on any atom is -0.356 e. The fourth-order valence-electron chi connectivity index (χ4n) is 3.83. The van der Waals surface area contributed by atoms with Crippen LogP contribution in [0.2, 0.25) is 0 Å². The van der Waals surface area contributed by atoms with Gasteiger partial charge in [0, 0.05) is 30.7 Å². The minimum absolute atomic E-state index is 0.0818. The van der Waals surface area contributed by atoms with Crippen LogP contribution >= 0.6 is 0 Å². The van der Waals surface area contributed by atoms with Crippen LogP contribution in [0.4, 0.5) is 0 Å². The molecule has 0 fully saturated rings. The van der Waals surface area contributed by atoms with Gasteiger partial charge in [0.2, 0.25) is 11.8 Å². The second kappa shape index (κ2) is 16.0. The molecule has 1 aromatic carbocycles. The molecule has 2 amide bonds. The first-order chi connectivity index (χ1) is 16.1. The summed E-state index contributed by atoms with van der Waals surface area (Å²) < 4.78 is 0. The number of Topliss-reactive ketones (excluding diaryl/α,β-unsaturated/α-hetero) is 1. The molecule has 0 aliphatic heterocycles. The van der Waals surface area contributed by atoms with Crippen molar-refractivity contribution in [2.24, 2.45) is 17.8 Å². The topological polar surface area (TPSA) is 99.1 Å². The zero-order valence-electron chi connectivity index (χ0n) is 21.5. The number of amides is 2. The Morgan fingerprint density at radius 3 is 2.26 bits per heavy atom. The SMILES string of the molecule is CC(=N)CCCCCNC(=O)C(CC(=O)C(NC(=O)/C=C/c1ccccc1)C(C)C)CC(C)C. The lowest BCUT2D eigenvalue weighted by molar-refractivity contribution is -0.132. The van der Waals surface area contributed by atoms with Crippen molar-refractivity contribution in [2.45, 2.75) is 79.2 Å². The summed E-state index contributed by atoms with van der Waals surface area (Å²) in [4.78, 5) is 38.4. The average Bonchev–Trinajstić information content (AvgIpc) is 2.77. The van der Waals surface area contributed by atoms with Crippen LogP contribution < -0.4 is 10.6 Å². The highest BCUT2D eigenvalue weighted by Crippen LogP contribution is 2.19. The Hall–Kier alpha value is -2.76. The van der Waals surface area contributed by atoms with E-state index in [-0.39, 0.29) is 35.9 Å². The first kappa shape index (κ1) is 29.3. The molecule has 0 saturated carbocycles. The molecule has 3 N–H and O–H groups in total. The van der Waals surface area contributed by atoms with E-state index in [1.807, 2.05) is 65.0 Å². The van der Waals surface area contributed by atoms with Crippen LogP contribution in [0, 0.1) is 23.2 Å². The standard InChI is InChI=1S/C28H43N3O3/c1-20(2)18-24(28(34)30-17-11-7-8-12-22(5)29)19-25(32)27(21(3)4)31-26(33)16-15-23-13-9-6-10-14-23/h6,9-10,13-16,20-21,24,27,29H,7-8,11-12,17-19H2,1-5H3,(H,30,34)(H,31,33)/b16-15+,29-22?. The summed E-state index contributed by atoms with van der Waals surface area (Å²) in [6, 6.07) is 8.87. The van der Waals surface area contributed by atoms with Gasteiger partial charge in [-0.25, -0.2) is 0 Å². The second-order valence-electron chi connectivity index (χ2n) is 9.85. The second-order valence-corrected chi connectivity index (χ2v) is 9.85. The van der Waals surface area contributed by atoms with Crippen molar-refractivity contribution >= 4 is 29.4 Å². The van der Waals surface area contributed by atoms with Crippen molar-refractivity contribution in [3.8, 4) is 0 Å². The third-order valence-electron chi connectivity index (χ3n) is 5.64. The summed E-state index contributed by atoms with van der Waals surface area (Å²) in [5.41, 5.74) is 1.59. The molecule has 34 heavy (non-hydrogen) atoms. The number of rotatable bonds is 16. The number of nitrogens with one attached hydrogen (secondary N) is 3. The van der Waals surface area contributed by atoms with Gasteiger partial charge >= 0.3 is 0 Å². The number of benzene rings is 1. The maximum Gasteiger partial charge on any atom is 0.244 e. The molecule has 1 aromatic rings. The van der Waals surface area contributed by atoms with Crippen molar-refractivity contribution in [3.05, 3.63) is 42.0 Å². The maximum absolute atomic E-state index is 13.1. The Morgan fingerprint density at radius 1 is 1.00 bits per heavy atom. The molecule has 0 aliphatic rings. The first-order valence-corrected chi connectivity index (χ1v) is 12.5. The van der Waals surface area contributed by atoms with Crippen molar-refractivity contribution in [3.63, 3.8) is 0 Å². The van der Waals surface area contributed by atoms with Crippen LogP contribution in [-0.4, -0.2) is 35.9 Å². The number of hydrogen-bond acceptors (Lipinski definition) is 4. The summed E-state index contributed by atoms with van der Waals surface area (Å²) in [5, 5.41) is 13.3. The molecule has 0 bridgehead atoms. The van der Waals surface area contributed by atoms with Gasteiger partial charge in [0.25, 0.3) is 0 Å². The number of hydrogen-bond donors (Lipinski definition) is 3. The highest BCUT2D eigenvalue weighted by molar-refractivity contribution is 5.97. The van der Waals surface area contributed by atoms with E-state index in [4.69, 9.17) is 5.41 Å². The van der Waals surface area contributed by atoms with E-state index in [1.54, 1.807) is 6.08 Å². The molecule has 1 rings (SSSR count). The van der Waals surface area contributed by atoms with Gasteiger partial charge in [0.05, 0.1) is 6.04 Å². The third-order valence-corrected chi connectivity index (χ3v) is 5.64. The summed E-state index contributed by atoms with van der Waals surface area (Å²) in [6.45, 7) is 10.3. The van der Waals surface area contributed by atoms with Crippen LogP contribution in [0.25, 0.3) is 6.08 Å². The van der Waals surface area contributed by atoms with Crippen molar-refractivity contribution in [2.75, 3.05) is 6.54 Å². The van der Waals surface area contributed by atoms with Gasteiger partial charge in [0.1, 0.15) is 0 Å². The highest BCUT2D eigenvalue weighted by Gasteiger charge is 2.29. The predicted octanol–water partition coefficient (Wildman–Crippen LogP) is 5.18. The number of carbonyl (C=O) groups excluding carboxylic acids is 3. The number of unbranched alkanes of at least 4 members (excludes halogenated alkanes) is 2. The smallest absolute Gasteiger partial charge is 0.244 e. The van der Waals surface area contributed by atoms with Crippen LogP contribution in [0.3, 0.4) is 0 Å². The first-order valence-electron chi connectivity index (χ1n) is 12.5. The van der Waals surface area contributed by atoms with Crippen LogP contribution in [-0.2, 0) is 14.4 Å².